The van der Waals surface area contributed by atoms with Crippen molar-refractivity contribution in [2.75, 3.05) is 0 Å². The number of nitrogens with zero attached hydrogens (tertiary/aromatic N) is 3. The monoisotopic (exact) mass is 303 g/mol. The summed E-state index contributed by atoms with van der Waals surface area (Å²) in [5.41, 5.74) is -0.916. The number of halogens is 3. The zero-order valence-corrected chi connectivity index (χ0v) is 10.6. The molecule has 0 radical (unpaired) electrons. The van der Waals surface area contributed by atoms with Crippen LogP contribution in [0.5, 0.6) is 0 Å². The van der Waals surface area contributed by atoms with Gasteiger partial charge in [-0.3, -0.25) is 10.1 Å². The Bertz CT molecular complexity index is 660. The van der Waals surface area contributed by atoms with Gasteiger partial charge in [-0.15, -0.1) is 0 Å². The van der Waals surface area contributed by atoms with Crippen LogP contribution in [-0.4, -0.2) is 19.8 Å². The average molecular weight is 304 g/mol. The fourth-order valence-corrected chi connectivity index (χ4v) is 1.97. The summed E-state index contributed by atoms with van der Waals surface area (Å²) in [5, 5.41) is 23.2. The highest BCUT2D eigenvalue weighted by Crippen LogP contribution is 2.30. The van der Waals surface area contributed by atoms with Crippen molar-refractivity contribution in [3.05, 3.63) is 50.8 Å². The molecule has 0 bridgehead atoms. The molecule has 0 atom stereocenters. The molecule has 0 amide bonds. The van der Waals surface area contributed by atoms with E-state index in [1.54, 1.807) is 0 Å². The highest BCUT2D eigenvalue weighted by Gasteiger charge is 2.23. The molecule has 2 rings (SSSR count). The summed E-state index contributed by atoms with van der Waals surface area (Å²) in [6.07, 6.45) is -2.91. The second-order valence-corrected chi connectivity index (χ2v) is 4.16. The molecule has 0 saturated carbocycles. The first-order valence-electron chi connectivity index (χ1n) is 5.36. The molecule has 6 nitrogen and oxygen atoms in total. The average Bonchev–Trinajstić information content (AvgIpc) is 2.76. The minimum atomic E-state index is -2.91. The third-order valence-corrected chi connectivity index (χ3v) is 2.99. The Hall–Kier alpha value is -2.06. The van der Waals surface area contributed by atoms with E-state index in [0.717, 1.165) is 10.7 Å². The molecular weight excluding hydrogens is 296 g/mol. The van der Waals surface area contributed by atoms with Gasteiger partial charge in [-0.1, -0.05) is 17.7 Å². The van der Waals surface area contributed by atoms with Crippen molar-refractivity contribution in [3.8, 4) is 5.69 Å². The Morgan fingerprint density at radius 1 is 1.50 bits per heavy atom. The number of hydrogen-bond acceptors (Lipinski definition) is 4. The molecule has 20 heavy (non-hydrogen) atoms. The number of aliphatic hydroxyl groups excluding tert-OH is 1. The summed E-state index contributed by atoms with van der Waals surface area (Å²) in [6.45, 7) is -0.701. The third-order valence-electron chi connectivity index (χ3n) is 2.60. The molecule has 0 saturated heterocycles. The zero-order chi connectivity index (χ0) is 14.9. The number of aliphatic hydroxyl groups is 1. The summed E-state index contributed by atoms with van der Waals surface area (Å²) in [4.78, 5) is 10.1. The van der Waals surface area contributed by atoms with E-state index >= 15 is 0 Å². The maximum atomic E-state index is 12.8. The first-order chi connectivity index (χ1) is 9.45. The Balaban J connectivity index is 2.58. The molecule has 0 aliphatic carbocycles. The molecule has 0 unspecified atom stereocenters. The predicted molar refractivity (Wildman–Crippen MR) is 66.1 cm³/mol. The fraction of sp³-hybridized carbons (Fsp3) is 0.182. The molecule has 0 spiro atoms. The van der Waals surface area contributed by atoms with Gasteiger partial charge < -0.3 is 5.11 Å². The lowest BCUT2D eigenvalue weighted by molar-refractivity contribution is -0.384. The van der Waals surface area contributed by atoms with Gasteiger partial charge in [0, 0.05) is 17.7 Å². The molecule has 2 aromatic rings. The van der Waals surface area contributed by atoms with Crippen molar-refractivity contribution in [1.82, 2.24) is 9.78 Å². The summed E-state index contributed by atoms with van der Waals surface area (Å²) < 4.78 is 26.5. The van der Waals surface area contributed by atoms with Crippen molar-refractivity contribution in [2.45, 2.75) is 13.0 Å². The molecule has 1 aromatic heterocycles. The topological polar surface area (TPSA) is 81.2 Å². The SMILES string of the molecule is O=[N+]([O-])c1cccc(-n2nc(C(F)F)c(CO)c2Cl)c1. The number of alkyl halides is 2. The lowest BCUT2D eigenvalue weighted by Crippen LogP contribution is -1.99. The molecule has 1 heterocycles. The number of rotatable bonds is 4. The summed E-state index contributed by atoms with van der Waals surface area (Å²) in [5.74, 6) is 0. The minimum absolute atomic E-state index is 0.158. The van der Waals surface area contributed by atoms with Crippen molar-refractivity contribution in [1.29, 1.82) is 0 Å². The van der Waals surface area contributed by atoms with E-state index in [0.29, 0.717) is 0 Å². The number of aromatic nitrogens is 2. The Labute approximate surface area is 116 Å². The molecule has 9 heteroatoms. The number of nitro benzene ring substituents is 1. The first-order valence-corrected chi connectivity index (χ1v) is 5.74. The normalized spacial score (nSPS) is 11.1. The third kappa shape index (κ3) is 2.47. The van der Waals surface area contributed by atoms with Gasteiger partial charge in [0.1, 0.15) is 10.8 Å². The van der Waals surface area contributed by atoms with Crippen molar-refractivity contribution >= 4 is 17.3 Å². The van der Waals surface area contributed by atoms with E-state index in [1.807, 2.05) is 0 Å². The molecule has 1 N–H and O–H groups in total. The van der Waals surface area contributed by atoms with E-state index in [9.17, 15) is 18.9 Å². The standard InChI is InChI=1S/C11H8ClF2N3O3/c12-10-8(5-18)9(11(13)14)15-16(10)6-2-1-3-7(4-6)17(19)20/h1-4,11,18H,5H2. The van der Waals surface area contributed by atoms with E-state index in [-0.39, 0.29) is 22.1 Å². The van der Waals surface area contributed by atoms with Crippen LogP contribution in [0.4, 0.5) is 14.5 Å². The molecular formula is C11H8ClF2N3O3. The van der Waals surface area contributed by atoms with Crippen molar-refractivity contribution in [2.24, 2.45) is 0 Å². The van der Waals surface area contributed by atoms with Gasteiger partial charge in [0.2, 0.25) is 0 Å². The van der Waals surface area contributed by atoms with E-state index in [2.05, 4.69) is 5.10 Å². The second-order valence-electron chi connectivity index (χ2n) is 3.80. The van der Waals surface area contributed by atoms with E-state index < -0.39 is 23.6 Å². The maximum Gasteiger partial charge on any atom is 0.282 e. The molecule has 0 fully saturated rings. The quantitative estimate of drug-likeness (QED) is 0.695. The Morgan fingerprint density at radius 3 is 2.70 bits per heavy atom. The number of benzene rings is 1. The molecule has 1 aromatic carbocycles. The zero-order valence-electron chi connectivity index (χ0n) is 9.83. The fourth-order valence-electron chi connectivity index (χ4n) is 1.68. The van der Waals surface area contributed by atoms with Crippen LogP contribution in [0, 0.1) is 10.1 Å². The predicted octanol–water partition coefficient (Wildman–Crippen LogP) is 2.86. The van der Waals surface area contributed by atoms with Crippen LogP contribution in [0.1, 0.15) is 17.7 Å². The van der Waals surface area contributed by atoms with Gasteiger partial charge in [-0.05, 0) is 6.07 Å². The summed E-state index contributed by atoms with van der Waals surface area (Å²) in [6, 6.07) is 5.21. The minimum Gasteiger partial charge on any atom is -0.391 e. The lowest BCUT2D eigenvalue weighted by Gasteiger charge is -2.02. The van der Waals surface area contributed by atoms with Crippen LogP contribution < -0.4 is 0 Å². The smallest absolute Gasteiger partial charge is 0.282 e. The van der Waals surface area contributed by atoms with Crippen LogP contribution in [0.3, 0.4) is 0 Å². The number of nitro groups is 1. The lowest BCUT2D eigenvalue weighted by atomic mass is 10.2. The molecule has 0 aliphatic rings. The number of non-ortho nitro benzene ring substituents is 1. The van der Waals surface area contributed by atoms with Gasteiger partial charge in [0.15, 0.2) is 0 Å². The van der Waals surface area contributed by atoms with Crippen LogP contribution in [-0.2, 0) is 6.61 Å². The molecule has 0 aliphatic heterocycles. The largest absolute Gasteiger partial charge is 0.391 e. The highest BCUT2D eigenvalue weighted by atomic mass is 35.5. The first kappa shape index (κ1) is 14.4. The van der Waals surface area contributed by atoms with Crippen molar-refractivity contribution in [3.63, 3.8) is 0 Å². The van der Waals surface area contributed by atoms with Crippen molar-refractivity contribution < 1.29 is 18.8 Å². The van der Waals surface area contributed by atoms with Crippen LogP contribution in [0.25, 0.3) is 5.69 Å². The number of hydrogen-bond donors (Lipinski definition) is 1. The van der Waals surface area contributed by atoms with Crippen LogP contribution >= 0.6 is 11.6 Å². The van der Waals surface area contributed by atoms with Crippen LogP contribution in [0.2, 0.25) is 5.15 Å². The van der Waals surface area contributed by atoms with E-state index in [1.165, 1.54) is 18.2 Å². The van der Waals surface area contributed by atoms with Gasteiger partial charge in [0.05, 0.1) is 17.2 Å². The maximum absolute atomic E-state index is 12.8. The Kier molecular flexibility index (Phi) is 3.96. The van der Waals surface area contributed by atoms with Crippen LogP contribution in [0.15, 0.2) is 24.3 Å². The summed E-state index contributed by atoms with van der Waals surface area (Å²) in [7, 11) is 0. The van der Waals surface area contributed by atoms with Gasteiger partial charge in [-0.25, -0.2) is 13.5 Å². The van der Waals surface area contributed by atoms with Gasteiger partial charge >= 0.3 is 0 Å². The highest BCUT2D eigenvalue weighted by molar-refractivity contribution is 6.30. The molecule has 106 valence electrons. The van der Waals surface area contributed by atoms with Gasteiger partial charge in [-0.2, -0.15) is 5.10 Å². The Morgan fingerprint density at radius 2 is 2.20 bits per heavy atom. The van der Waals surface area contributed by atoms with Gasteiger partial charge in [0.25, 0.3) is 12.1 Å². The van der Waals surface area contributed by atoms with E-state index in [4.69, 9.17) is 16.7 Å². The second kappa shape index (κ2) is 5.51. The summed E-state index contributed by atoms with van der Waals surface area (Å²) >= 11 is 5.88.